The summed E-state index contributed by atoms with van der Waals surface area (Å²) >= 11 is 1.35. The Morgan fingerprint density at radius 3 is 2.58 bits per heavy atom. The summed E-state index contributed by atoms with van der Waals surface area (Å²) in [6, 6.07) is 7.94. The fraction of sp³-hybridized carbons (Fsp3) is 0.500. The second-order valence-electron chi connectivity index (χ2n) is 6.05. The molecule has 1 amide bonds. The number of amides is 1. The van der Waals surface area contributed by atoms with Gasteiger partial charge in [-0.05, 0) is 43.3 Å². The van der Waals surface area contributed by atoms with Gasteiger partial charge in [0.15, 0.2) is 0 Å². The SMILES string of the molecule is Cc1ccc(-n2nnnc2SCC(=O)N2C[C@H](C)O[C@@H](C)C2)cc1. The standard InChI is InChI=1S/C16H21N5O2S/c1-11-4-6-14(7-5-11)21-16(17-18-19-21)24-10-15(22)20-8-12(2)23-13(3)9-20/h4-7,12-13H,8-10H2,1-3H3/t12-,13-/m0/s1. The normalized spacial score (nSPS) is 21.0. The van der Waals surface area contributed by atoms with Gasteiger partial charge in [-0.25, -0.2) is 0 Å². The van der Waals surface area contributed by atoms with Crippen LogP contribution in [-0.4, -0.2) is 62.1 Å². The van der Waals surface area contributed by atoms with Gasteiger partial charge in [-0.2, -0.15) is 4.68 Å². The van der Waals surface area contributed by atoms with Crippen molar-refractivity contribution in [2.24, 2.45) is 0 Å². The summed E-state index contributed by atoms with van der Waals surface area (Å²) in [6.45, 7) is 7.27. The van der Waals surface area contributed by atoms with Crippen molar-refractivity contribution in [2.45, 2.75) is 38.1 Å². The number of thioether (sulfide) groups is 1. The Labute approximate surface area is 145 Å². The number of hydrogen-bond donors (Lipinski definition) is 0. The molecular formula is C16H21N5O2S. The molecule has 0 bridgehead atoms. The van der Waals surface area contributed by atoms with Crippen molar-refractivity contribution >= 4 is 17.7 Å². The Balaban J connectivity index is 1.64. The van der Waals surface area contributed by atoms with Crippen LogP contribution in [0.3, 0.4) is 0 Å². The van der Waals surface area contributed by atoms with E-state index in [2.05, 4.69) is 15.5 Å². The van der Waals surface area contributed by atoms with Gasteiger partial charge in [0, 0.05) is 13.1 Å². The van der Waals surface area contributed by atoms with Crippen LogP contribution in [0.4, 0.5) is 0 Å². The maximum absolute atomic E-state index is 12.4. The quantitative estimate of drug-likeness (QED) is 0.784. The fourth-order valence-corrected chi connectivity index (χ4v) is 3.51. The highest BCUT2D eigenvalue weighted by Gasteiger charge is 2.26. The maximum Gasteiger partial charge on any atom is 0.233 e. The van der Waals surface area contributed by atoms with E-state index in [1.54, 1.807) is 4.68 Å². The zero-order valence-electron chi connectivity index (χ0n) is 14.0. The summed E-state index contributed by atoms with van der Waals surface area (Å²) in [5.74, 6) is 0.395. The van der Waals surface area contributed by atoms with Crippen LogP contribution in [0.25, 0.3) is 5.69 Å². The zero-order valence-corrected chi connectivity index (χ0v) is 14.9. The Morgan fingerprint density at radius 1 is 1.25 bits per heavy atom. The third-order valence-corrected chi connectivity index (χ3v) is 4.72. The molecule has 0 saturated carbocycles. The molecule has 1 fully saturated rings. The monoisotopic (exact) mass is 347 g/mol. The summed E-state index contributed by atoms with van der Waals surface area (Å²) in [5.41, 5.74) is 2.06. The predicted octanol–water partition coefficient (Wildman–Crippen LogP) is 1.70. The zero-order chi connectivity index (χ0) is 17.1. The summed E-state index contributed by atoms with van der Waals surface area (Å²) in [6.07, 6.45) is 0.140. The maximum atomic E-state index is 12.4. The van der Waals surface area contributed by atoms with E-state index < -0.39 is 0 Å². The lowest BCUT2D eigenvalue weighted by Crippen LogP contribution is -2.48. The number of carbonyl (C=O) groups is 1. The van der Waals surface area contributed by atoms with Gasteiger partial charge >= 0.3 is 0 Å². The molecule has 0 radical (unpaired) electrons. The van der Waals surface area contributed by atoms with E-state index in [1.807, 2.05) is 49.9 Å². The summed E-state index contributed by atoms with van der Waals surface area (Å²) in [7, 11) is 0. The molecule has 1 aliphatic heterocycles. The Kier molecular flexibility index (Phi) is 5.15. The second-order valence-corrected chi connectivity index (χ2v) is 7.00. The minimum absolute atomic E-state index is 0.0700. The van der Waals surface area contributed by atoms with Gasteiger partial charge < -0.3 is 9.64 Å². The Bertz CT molecular complexity index is 693. The number of morpholine rings is 1. The van der Waals surface area contributed by atoms with E-state index in [9.17, 15) is 4.79 Å². The van der Waals surface area contributed by atoms with Gasteiger partial charge in [-0.1, -0.05) is 29.5 Å². The second kappa shape index (κ2) is 7.31. The number of ether oxygens (including phenoxy) is 1. The van der Waals surface area contributed by atoms with Crippen molar-refractivity contribution in [3.63, 3.8) is 0 Å². The van der Waals surface area contributed by atoms with Crippen LogP contribution < -0.4 is 0 Å². The molecule has 0 N–H and O–H groups in total. The summed E-state index contributed by atoms with van der Waals surface area (Å²) in [4.78, 5) is 14.3. The van der Waals surface area contributed by atoms with Gasteiger partial charge in [0.1, 0.15) is 0 Å². The van der Waals surface area contributed by atoms with Crippen LogP contribution in [0.2, 0.25) is 0 Å². The van der Waals surface area contributed by atoms with Crippen LogP contribution in [0, 0.1) is 6.92 Å². The average Bonchev–Trinajstić information content (AvgIpc) is 3.01. The van der Waals surface area contributed by atoms with Crippen molar-refractivity contribution in [3.8, 4) is 5.69 Å². The number of nitrogens with zero attached hydrogens (tertiary/aromatic N) is 5. The number of benzene rings is 1. The minimum Gasteiger partial charge on any atom is -0.372 e. The Morgan fingerprint density at radius 2 is 1.92 bits per heavy atom. The van der Waals surface area contributed by atoms with Crippen LogP contribution in [0.1, 0.15) is 19.4 Å². The van der Waals surface area contributed by atoms with Crippen LogP contribution in [-0.2, 0) is 9.53 Å². The van der Waals surface area contributed by atoms with Crippen LogP contribution >= 0.6 is 11.8 Å². The molecule has 1 aromatic carbocycles. The van der Waals surface area contributed by atoms with Crippen molar-refractivity contribution in [1.82, 2.24) is 25.1 Å². The van der Waals surface area contributed by atoms with Crippen LogP contribution in [0.5, 0.6) is 0 Å². The lowest BCUT2D eigenvalue weighted by molar-refractivity contribution is -0.140. The first kappa shape index (κ1) is 16.9. The van der Waals surface area contributed by atoms with Crippen molar-refractivity contribution in [3.05, 3.63) is 29.8 Å². The molecule has 1 saturated heterocycles. The van der Waals surface area contributed by atoms with Gasteiger partial charge in [0.2, 0.25) is 11.1 Å². The van der Waals surface area contributed by atoms with Crippen molar-refractivity contribution in [2.75, 3.05) is 18.8 Å². The van der Waals surface area contributed by atoms with E-state index in [4.69, 9.17) is 4.74 Å². The highest BCUT2D eigenvalue weighted by Crippen LogP contribution is 2.20. The lowest BCUT2D eigenvalue weighted by atomic mass is 10.2. The highest BCUT2D eigenvalue weighted by atomic mass is 32.2. The lowest BCUT2D eigenvalue weighted by Gasteiger charge is -2.35. The van der Waals surface area contributed by atoms with Crippen LogP contribution in [0.15, 0.2) is 29.4 Å². The molecule has 1 aromatic heterocycles. The summed E-state index contributed by atoms with van der Waals surface area (Å²) < 4.78 is 7.32. The van der Waals surface area contributed by atoms with E-state index in [0.717, 1.165) is 5.69 Å². The first-order chi connectivity index (χ1) is 11.5. The molecule has 2 aromatic rings. The first-order valence-electron chi connectivity index (χ1n) is 7.94. The van der Waals surface area contributed by atoms with Gasteiger partial charge in [0.05, 0.1) is 23.6 Å². The number of rotatable bonds is 4. The van der Waals surface area contributed by atoms with Gasteiger partial charge in [0.25, 0.3) is 0 Å². The number of carbonyl (C=O) groups excluding carboxylic acids is 1. The van der Waals surface area contributed by atoms with E-state index in [1.165, 1.54) is 17.3 Å². The van der Waals surface area contributed by atoms with Crippen molar-refractivity contribution in [1.29, 1.82) is 0 Å². The van der Waals surface area contributed by atoms with E-state index in [-0.39, 0.29) is 18.1 Å². The average molecular weight is 347 g/mol. The Hall–Kier alpha value is -1.93. The topological polar surface area (TPSA) is 73.1 Å². The van der Waals surface area contributed by atoms with E-state index in [0.29, 0.717) is 24.0 Å². The van der Waals surface area contributed by atoms with Gasteiger partial charge in [-0.15, -0.1) is 5.10 Å². The molecule has 7 nitrogen and oxygen atoms in total. The fourth-order valence-electron chi connectivity index (χ4n) is 2.72. The number of aromatic nitrogens is 4. The molecule has 0 aliphatic carbocycles. The number of hydrogen-bond acceptors (Lipinski definition) is 6. The van der Waals surface area contributed by atoms with Gasteiger partial charge in [-0.3, -0.25) is 4.79 Å². The molecule has 0 spiro atoms. The molecular weight excluding hydrogens is 326 g/mol. The predicted molar refractivity (Wildman–Crippen MR) is 91.2 cm³/mol. The first-order valence-corrected chi connectivity index (χ1v) is 8.93. The van der Waals surface area contributed by atoms with Crippen molar-refractivity contribution < 1.29 is 9.53 Å². The van der Waals surface area contributed by atoms with E-state index >= 15 is 0 Å². The third kappa shape index (κ3) is 3.93. The number of aryl methyl sites for hydroxylation is 1. The number of tetrazole rings is 1. The molecule has 2 atom stereocenters. The third-order valence-electron chi connectivity index (χ3n) is 3.82. The smallest absolute Gasteiger partial charge is 0.233 e. The molecule has 8 heteroatoms. The minimum atomic E-state index is 0.0700. The molecule has 3 rings (SSSR count). The molecule has 1 aliphatic rings. The highest BCUT2D eigenvalue weighted by molar-refractivity contribution is 7.99. The molecule has 0 unspecified atom stereocenters. The summed E-state index contributed by atoms with van der Waals surface area (Å²) in [5, 5.41) is 12.4. The molecule has 24 heavy (non-hydrogen) atoms. The molecule has 2 heterocycles. The largest absolute Gasteiger partial charge is 0.372 e. The molecule has 128 valence electrons.